The van der Waals surface area contributed by atoms with E-state index < -0.39 is 35.7 Å². The number of halogens is 3. The smallest absolute Gasteiger partial charge is 0.266 e. The van der Waals surface area contributed by atoms with Crippen molar-refractivity contribution >= 4 is 46.4 Å². The van der Waals surface area contributed by atoms with E-state index in [4.69, 9.17) is 28.0 Å². The molecule has 2 aliphatic rings. The monoisotopic (exact) mass is 456 g/mol. The first-order valence-corrected chi connectivity index (χ1v) is 10.3. The van der Waals surface area contributed by atoms with Gasteiger partial charge in [-0.2, -0.15) is 0 Å². The van der Waals surface area contributed by atoms with Gasteiger partial charge in [0.1, 0.15) is 11.7 Å². The fourth-order valence-electron chi connectivity index (χ4n) is 4.14. The van der Waals surface area contributed by atoms with E-state index in [0.717, 1.165) is 11.0 Å². The van der Waals surface area contributed by atoms with Crippen LogP contribution in [0.1, 0.15) is 11.6 Å². The first kappa shape index (κ1) is 20.0. The zero-order valence-electron chi connectivity index (χ0n) is 15.9. The lowest BCUT2D eigenvalue weighted by atomic mass is 9.90. The Morgan fingerprint density at radius 1 is 0.839 bits per heavy atom. The Morgan fingerprint density at radius 3 is 2.29 bits per heavy atom. The molecule has 0 unspecified atom stereocenters. The molecule has 0 aromatic heterocycles. The van der Waals surface area contributed by atoms with Gasteiger partial charge in [-0.3, -0.25) is 14.4 Å². The molecular weight excluding hydrogens is 442 g/mol. The number of anilines is 2. The van der Waals surface area contributed by atoms with E-state index in [1.807, 2.05) is 30.3 Å². The Balaban J connectivity index is 1.62. The number of carbonyl (C=O) groups is 2. The first-order valence-electron chi connectivity index (χ1n) is 9.55. The molecule has 2 aliphatic heterocycles. The number of imide groups is 1. The summed E-state index contributed by atoms with van der Waals surface area (Å²) in [4.78, 5) is 33.6. The zero-order chi connectivity index (χ0) is 21.7. The highest BCUT2D eigenvalue weighted by Crippen LogP contribution is 2.49. The standard InChI is InChI=1S/C23H15Cl2FN2O3/c24-13-9-10-17(18(25)11-13)20-19-21(31-28(20)15-6-2-1-3-7-15)23(30)27(22(19)29)16-8-4-5-14(26)12-16/h1-12,19-21H/t19-,20+,21-/m1/s1. The molecule has 2 heterocycles. The van der Waals surface area contributed by atoms with Gasteiger partial charge in [0.25, 0.3) is 5.91 Å². The predicted octanol–water partition coefficient (Wildman–Crippen LogP) is 5.18. The van der Waals surface area contributed by atoms with E-state index in [2.05, 4.69) is 0 Å². The van der Waals surface area contributed by atoms with Gasteiger partial charge in [-0.25, -0.2) is 14.4 Å². The van der Waals surface area contributed by atoms with Crippen LogP contribution in [0.4, 0.5) is 15.8 Å². The first-order chi connectivity index (χ1) is 15.0. The summed E-state index contributed by atoms with van der Waals surface area (Å²) in [7, 11) is 0. The fourth-order valence-corrected chi connectivity index (χ4v) is 4.66. The molecule has 5 rings (SSSR count). The molecule has 2 amide bonds. The van der Waals surface area contributed by atoms with Gasteiger partial charge >= 0.3 is 0 Å². The van der Waals surface area contributed by atoms with Crippen LogP contribution in [0.25, 0.3) is 0 Å². The van der Waals surface area contributed by atoms with Crippen molar-refractivity contribution in [2.45, 2.75) is 12.1 Å². The van der Waals surface area contributed by atoms with E-state index in [0.29, 0.717) is 21.3 Å². The van der Waals surface area contributed by atoms with E-state index in [-0.39, 0.29) is 5.69 Å². The van der Waals surface area contributed by atoms with Gasteiger partial charge in [-0.15, -0.1) is 0 Å². The molecule has 0 bridgehead atoms. The minimum Gasteiger partial charge on any atom is -0.273 e. The van der Waals surface area contributed by atoms with Crippen LogP contribution in [0.15, 0.2) is 72.8 Å². The number of benzene rings is 3. The average molecular weight is 457 g/mol. The molecule has 2 fully saturated rings. The van der Waals surface area contributed by atoms with Crippen molar-refractivity contribution in [1.82, 2.24) is 0 Å². The van der Waals surface area contributed by atoms with Crippen LogP contribution in [-0.2, 0) is 14.4 Å². The molecular formula is C23H15Cl2FN2O3. The number of para-hydroxylation sites is 1. The maximum atomic E-state index is 13.8. The number of nitrogens with zero attached hydrogens (tertiary/aromatic N) is 2. The lowest BCUT2D eigenvalue weighted by Gasteiger charge is -2.29. The average Bonchev–Trinajstić information content (AvgIpc) is 3.25. The molecule has 3 aromatic rings. The molecule has 0 spiro atoms. The Hall–Kier alpha value is -2.93. The minimum atomic E-state index is -1.06. The SMILES string of the molecule is O=C1[C@H]2[C@@H](ON(c3ccccc3)[C@H]2c2ccc(Cl)cc2Cl)C(=O)N1c1cccc(F)c1. The van der Waals surface area contributed by atoms with Crippen molar-refractivity contribution in [2.75, 3.05) is 9.96 Å². The summed E-state index contributed by atoms with van der Waals surface area (Å²) in [5.74, 6) is -2.43. The molecule has 3 atom stereocenters. The second-order valence-electron chi connectivity index (χ2n) is 7.32. The summed E-state index contributed by atoms with van der Waals surface area (Å²) < 4.78 is 13.8. The quantitative estimate of drug-likeness (QED) is 0.509. The number of carbonyl (C=O) groups excluding carboxylic acids is 2. The van der Waals surface area contributed by atoms with Crippen LogP contribution in [0.2, 0.25) is 10.0 Å². The highest BCUT2D eigenvalue weighted by molar-refractivity contribution is 6.35. The molecule has 8 heteroatoms. The zero-order valence-corrected chi connectivity index (χ0v) is 17.4. The van der Waals surface area contributed by atoms with Crippen molar-refractivity contribution < 1.29 is 18.8 Å². The molecule has 0 saturated carbocycles. The second-order valence-corrected chi connectivity index (χ2v) is 8.16. The van der Waals surface area contributed by atoms with Gasteiger partial charge in [0.05, 0.1) is 17.4 Å². The van der Waals surface area contributed by atoms with Gasteiger partial charge in [0, 0.05) is 10.0 Å². The molecule has 0 N–H and O–H groups in total. The predicted molar refractivity (Wildman–Crippen MR) is 115 cm³/mol. The van der Waals surface area contributed by atoms with Gasteiger partial charge in [0.2, 0.25) is 5.91 Å². The van der Waals surface area contributed by atoms with Crippen LogP contribution in [0, 0.1) is 11.7 Å². The third-order valence-electron chi connectivity index (χ3n) is 5.47. The molecule has 156 valence electrons. The number of amides is 2. The summed E-state index contributed by atoms with van der Waals surface area (Å²) in [6, 6.07) is 18.8. The van der Waals surface area contributed by atoms with Crippen molar-refractivity contribution in [3.63, 3.8) is 0 Å². The summed E-state index contributed by atoms with van der Waals surface area (Å²) in [6.45, 7) is 0. The number of hydrogen-bond acceptors (Lipinski definition) is 4. The Labute approximate surface area is 187 Å². The van der Waals surface area contributed by atoms with E-state index >= 15 is 0 Å². The minimum absolute atomic E-state index is 0.167. The lowest BCUT2D eigenvalue weighted by Crippen LogP contribution is -2.37. The van der Waals surface area contributed by atoms with E-state index in [1.165, 1.54) is 18.2 Å². The van der Waals surface area contributed by atoms with Crippen LogP contribution in [-0.4, -0.2) is 17.9 Å². The van der Waals surface area contributed by atoms with Crippen LogP contribution >= 0.6 is 23.2 Å². The van der Waals surface area contributed by atoms with Crippen molar-refractivity contribution in [1.29, 1.82) is 0 Å². The Kier molecular flexibility index (Phi) is 4.93. The third kappa shape index (κ3) is 3.28. The van der Waals surface area contributed by atoms with Gasteiger partial charge < -0.3 is 0 Å². The molecule has 31 heavy (non-hydrogen) atoms. The van der Waals surface area contributed by atoms with Crippen LogP contribution in [0.3, 0.4) is 0 Å². The summed E-state index contributed by atoms with van der Waals surface area (Å²) in [5, 5.41) is 2.35. The summed E-state index contributed by atoms with van der Waals surface area (Å²) >= 11 is 12.5. The normalized spacial score (nSPS) is 22.9. The topological polar surface area (TPSA) is 49.9 Å². The van der Waals surface area contributed by atoms with E-state index in [1.54, 1.807) is 23.3 Å². The van der Waals surface area contributed by atoms with Crippen molar-refractivity contribution in [2.24, 2.45) is 5.92 Å². The molecule has 5 nitrogen and oxygen atoms in total. The number of hydroxylamine groups is 1. The summed E-state index contributed by atoms with van der Waals surface area (Å²) in [5.41, 5.74) is 1.44. The maximum Gasteiger partial charge on any atom is 0.266 e. The third-order valence-corrected chi connectivity index (χ3v) is 6.04. The van der Waals surface area contributed by atoms with Crippen LogP contribution in [0.5, 0.6) is 0 Å². The Morgan fingerprint density at radius 2 is 1.58 bits per heavy atom. The van der Waals surface area contributed by atoms with Gasteiger partial charge in [-0.05, 0) is 48.0 Å². The largest absolute Gasteiger partial charge is 0.273 e. The highest BCUT2D eigenvalue weighted by atomic mass is 35.5. The van der Waals surface area contributed by atoms with Crippen LogP contribution < -0.4 is 9.96 Å². The van der Waals surface area contributed by atoms with Crippen molar-refractivity contribution in [3.05, 3.63) is 94.2 Å². The number of rotatable bonds is 3. The summed E-state index contributed by atoms with van der Waals surface area (Å²) in [6.07, 6.45) is -1.06. The second kappa shape index (κ2) is 7.64. The van der Waals surface area contributed by atoms with E-state index in [9.17, 15) is 14.0 Å². The molecule has 0 aliphatic carbocycles. The fraction of sp³-hybridized carbons (Fsp3) is 0.130. The number of hydrogen-bond donors (Lipinski definition) is 0. The lowest BCUT2D eigenvalue weighted by molar-refractivity contribution is -0.126. The van der Waals surface area contributed by atoms with Gasteiger partial charge in [-0.1, -0.05) is 53.5 Å². The number of fused-ring (bicyclic) bond motifs is 1. The molecule has 2 saturated heterocycles. The van der Waals surface area contributed by atoms with Gasteiger partial charge in [0.15, 0.2) is 6.10 Å². The molecule has 3 aromatic carbocycles. The maximum absolute atomic E-state index is 13.8. The highest BCUT2D eigenvalue weighted by Gasteiger charge is 2.60. The molecule has 0 radical (unpaired) electrons. The Bertz CT molecular complexity index is 1190. The van der Waals surface area contributed by atoms with Crippen molar-refractivity contribution in [3.8, 4) is 0 Å².